The number of hydrogen-bond acceptors (Lipinski definition) is 5. The van der Waals surface area contributed by atoms with Gasteiger partial charge in [-0.1, -0.05) is 23.2 Å². The summed E-state index contributed by atoms with van der Waals surface area (Å²) in [5.74, 6) is -0.813. The smallest absolute Gasteiger partial charge is 0.265 e. The third-order valence-electron chi connectivity index (χ3n) is 5.40. The number of ether oxygens (including phenoxy) is 2. The van der Waals surface area contributed by atoms with Gasteiger partial charge in [0, 0.05) is 35.2 Å². The monoisotopic (exact) mass is 494 g/mol. The molecule has 0 saturated carbocycles. The van der Waals surface area contributed by atoms with Crippen LogP contribution in [0.5, 0.6) is 11.5 Å². The molecule has 0 radical (unpaired) electrons. The highest BCUT2D eigenvalue weighted by Gasteiger charge is 2.40. The zero-order valence-electron chi connectivity index (χ0n) is 17.5. The predicted octanol–water partition coefficient (Wildman–Crippen LogP) is 3.46. The van der Waals surface area contributed by atoms with Gasteiger partial charge in [0.05, 0.1) is 16.7 Å². The quantitative estimate of drug-likeness (QED) is 0.571. The highest BCUT2D eigenvalue weighted by molar-refractivity contribution is 6.31. The van der Waals surface area contributed by atoms with E-state index in [9.17, 15) is 19.1 Å². The topological polar surface area (TPSA) is 96.9 Å². The van der Waals surface area contributed by atoms with Crippen molar-refractivity contribution in [3.05, 3.63) is 69.6 Å². The van der Waals surface area contributed by atoms with E-state index in [1.54, 1.807) is 31.2 Å². The van der Waals surface area contributed by atoms with E-state index in [4.69, 9.17) is 32.7 Å². The molecule has 2 aromatic rings. The lowest BCUT2D eigenvalue weighted by molar-refractivity contribution is -0.132. The second-order valence-corrected chi connectivity index (χ2v) is 8.99. The maximum atomic E-state index is 13.4. The van der Waals surface area contributed by atoms with Crippen LogP contribution in [0, 0.1) is 5.82 Å². The molecule has 2 aromatic carbocycles. The summed E-state index contributed by atoms with van der Waals surface area (Å²) in [5.41, 5.74) is -0.0952. The van der Waals surface area contributed by atoms with Gasteiger partial charge in [-0.2, -0.15) is 0 Å². The van der Waals surface area contributed by atoms with Crippen LogP contribution in [0.25, 0.3) is 0 Å². The van der Waals surface area contributed by atoms with Crippen LogP contribution in [0.4, 0.5) is 4.39 Å². The fourth-order valence-electron chi connectivity index (χ4n) is 3.67. The highest BCUT2D eigenvalue weighted by Crippen LogP contribution is 2.40. The minimum absolute atomic E-state index is 0.0307. The number of benzene rings is 2. The zero-order valence-corrected chi connectivity index (χ0v) is 19.0. The highest BCUT2D eigenvalue weighted by atomic mass is 35.5. The minimum Gasteiger partial charge on any atom is -0.484 e. The van der Waals surface area contributed by atoms with Gasteiger partial charge in [0.2, 0.25) is 0 Å². The Morgan fingerprint density at radius 2 is 2.03 bits per heavy atom. The van der Waals surface area contributed by atoms with Crippen LogP contribution >= 0.6 is 23.2 Å². The maximum absolute atomic E-state index is 13.4. The number of nitrogens with one attached hydrogen (secondary N) is 2. The molecule has 0 aromatic heterocycles. The van der Waals surface area contributed by atoms with Crippen LogP contribution in [-0.2, 0) is 15.2 Å². The molecule has 2 amide bonds. The average molecular weight is 495 g/mol. The molecule has 0 fully saturated rings. The van der Waals surface area contributed by atoms with E-state index >= 15 is 0 Å². The van der Waals surface area contributed by atoms with Gasteiger partial charge in [-0.15, -0.1) is 0 Å². The van der Waals surface area contributed by atoms with Crippen molar-refractivity contribution >= 4 is 35.0 Å². The van der Waals surface area contributed by atoms with E-state index in [0.717, 1.165) is 6.07 Å². The standard InChI is InChI=1S/C23H21Cl2FN2O5/c1-23(31)10-20(33-19-5-2-12(24)6-16(19)23)22(30)28-14-7-13(8-14)27-21(29)11-32-15-3-4-17(25)18(26)9-15/h2-7,9,13,20,31H,8,10-11H2,1H3,(H,27,29)(H,28,30)/t13?,20-,23+/m0/s1. The molecule has 7 nitrogen and oxygen atoms in total. The molecule has 33 heavy (non-hydrogen) atoms. The van der Waals surface area contributed by atoms with Crippen molar-refractivity contribution in [3.63, 3.8) is 0 Å². The molecule has 1 aliphatic carbocycles. The van der Waals surface area contributed by atoms with Crippen LogP contribution in [0.3, 0.4) is 0 Å². The summed E-state index contributed by atoms with van der Waals surface area (Å²) in [6.07, 6.45) is 1.31. The van der Waals surface area contributed by atoms with Gasteiger partial charge in [0.15, 0.2) is 12.7 Å². The van der Waals surface area contributed by atoms with Gasteiger partial charge in [-0.3, -0.25) is 9.59 Å². The van der Waals surface area contributed by atoms with Gasteiger partial charge in [-0.25, -0.2) is 4.39 Å². The molecular weight excluding hydrogens is 474 g/mol. The molecule has 3 atom stereocenters. The summed E-state index contributed by atoms with van der Waals surface area (Å²) in [7, 11) is 0. The molecule has 1 unspecified atom stereocenters. The summed E-state index contributed by atoms with van der Waals surface area (Å²) in [4.78, 5) is 24.7. The normalized spacial score (nSPS) is 23.4. The van der Waals surface area contributed by atoms with Crippen molar-refractivity contribution in [1.29, 1.82) is 0 Å². The first-order valence-electron chi connectivity index (χ1n) is 10.2. The van der Waals surface area contributed by atoms with Crippen LogP contribution < -0.4 is 20.1 Å². The Balaban J connectivity index is 1.26. The van der Waals surface area contributed by atoms with Crippen molar-refractivity contribution < 1.29 is 28.6 Å². The molecule has 174 valence electrons. The van der Waals surface area contributed by atoms with Gasteiger partial charge >= 0.3 is 0 Å². The lowest BCUT2D eigenvalue weighted by atomic mass is 9.86. The molecular formula is C23H21Cl2FN2O5. The van der Waals surface area contributed by atoms with E-state index in [1.807, 2.05) is 0 Å². The van der Waals surface area contributed by atoms with Gasteiger partial charge in [-0.05, 0) is 43.3 Å². The van der Waals surface area contributed by atoms with E-state index < -0.39 is 17.5 Å². The van der Waals surface area contributed by atoms with Gasteiger partial charge in [0.25, 0.3) is 11.8 Å². The maximum Gasteiger partial charge on any atom is 0.265 e. The molecule has 0 spiro atoms. The molecule has 1 aliphatic heterocycles. The van der Waals surface area contributed by atoms with Crippen LogP contribution in [-0.4, -0.2) is 35.7 Å². The first kappa shape index (κ1) is 23.4. The number of aliphatic hydroxyl groups is 1. The van der Waals surface area contributed by atoms with Crippen LogP contribution in [0.2, 0.25) is 10.0 Å². The summed E-state index contributed by atoms with van der Waals surface area (Å²) >= 11 is 11.6. The third-order valence-corrected chi connectivity index (χ3v) is 5.94. The predicted molar refractivity (Wildman–Crippen MR) is 120 cm³/mol. The number of rotatable bonds is 6. The first-order chi connectivity index (χ1) is 15.6. The fourth-order valence-corrected chi connectivity index (χ4v) is 3.96. The van der Waals surface area contributed by atoms with E-state index in [2.05, 4.69) is 10.6 Å². The molecule has 3 N–H and O–H groups in total. The van der Waals surface area contributed by atoms with E-state index in [-0.39, 0.29) is 41.7 Å². The Hall–Kier alpha value is -2.81. The van der Waals surface area contributed by atoms with Crippen molar-refractivity contribution in [2.75, 3.05) is 6.61 Å². The molecule has 10 heteroatoms. The SMILES string of the molecule is C[C@@]1(O)C[C@@H](C(=O)NC2=CC(NC(=O)COc3ccc(Cl)c(F)c3)C2)Oc2ccc(Cl)cc21. The number of carbonyl (C=O) groups excluding carboxylic acids is 2. The van der Waals surface area contributed by atoms with Crippen molar-refractivity contribution in [3.8, 4) is 11.5 Å². The van der Waals surface area contributed by atoms with Crippen molar-refractivity contribution in [2.24, 2.45) is 0 Å². The van der Waals surface area contributed by atoms with Crippen molar-refractivity contribution in [2.45, 2.75) is 37.5 Å². The Morgan fingerprint density at radius 3 is 2.76 bits per heavy atom. The van der Waals surface area contributed by atoms with Crippen LogP contribution in [0.15, 0.2) is 48.2 Å². The van der Waals surface area contributed by atoms with Crippen molar-refractivity contribution in [1.82, 2.24) is 10.6 Å². The molecule has 0 bridgehead atoms. The number of carbonyl (C=O) groups is 2. The number of fused-ring (bicyclic) bond motifs is 1. The van der Waals surface area contributed by atoms with E-state index in [1.165, 1.54) is 12.1 Å². The molecule has 4 rings (SSSR count). The third kappa shape index (κ3) is 5.40. The number of hydrogen-bond donors (Lipinski definition) is 3. The van der Waals surface area contributed by atoms with Gasteiger partial charge in [0.1, 0.15) is 17.3 Å². The van der Waals surface area contributed by atoms with E-state index in [0.29, 0.717) is 28.5 Å². The van der Waals surface area contributed by atoms with Gasteiger partial charge < -0.3 is 25.2 Å². The second-order valence-electron chi connectivity index (χ2n) is 8.15. The zero-order chi connectivity index (χ0) is 23.8. The van der Waals surface area contributed by atoms with Crippen LogP contribution in [0.1, 0.15) is 25.3 Å². The molecule has 2 aliphatic rings. The summed E-state index contributed by atoms with van der Waals surface area (Å²) in [6.45, 7) is 1.32. The molecule has 0 saturated heterocycles. The first-order valence-corrected chi connectivity index (χ1v) is 10.9. The Bertz CT molecular complexity index is 1140. The Morgan fingerprint density at radius 1 is 1.27 bits per heavy atom. The lowest BCUT2D eigenvalue weighted by Gasteiger charge is -2.36. The second kappa shape index (κ2) is 9.21. The minimum atomic E-state index is -1.27. The molecule has 1 heterocycles. The number of amides is 2. The Labute approximate surface area is 199 Å². The largest absolute Gasteiger partial charge is 0.484 e. The number of halogens is 3. The fraction of sp³-hybridized carbons (Fsp3) is 0.304. The Kier molecular flexibility index (Phi) is 6.52. The lowest BCUT2D eigenvalue weighted by Crippen LogP contribution is -2.48. The summed E-state index contributed by atoms with van der Waals surface area (Å²) < 4.78 is 24.4. The average Bonchev–Trinajstić information content (AvgIpc) is 2.73. The summed E-state index contributed by atoms with van der Waals surface area (Å²) in [6, 6.07) is 8.52. The summed E-state index contributed by atoms with van der Waals surface area (Å²) in [5, 5.41) is 16.7.